The van der Waals surface area contributed by atoms with E-state index in [0.29, 0.717) is 17.3 Å². The van der Waals surface area contributed by atoms with E-state index in [9.17, 15) is 9.59 Å². The van der Waals surface area contributed by atoms with Gasteiger partial charge >= 0.3 is 0 Å². The van der Waals surface area contributed by atoms with Gasteiger partial charge in [0.15, 0.2) is 0 Å². The van der Waals surface area contributed by atoms with Gasteiger partial charge in [0.25, 0.3) is 11.5 Å². The Morgan fingerprint density at radius 1 is 1.36 bits per heavy atom. The lowest BCUT2D eigenvalue weighted by molar-refractivity contribution is 0.0949. The van der Waals surface area contributed by atoms with E-state index >= 15 is 0 Å². The van der Waals surface area contributed by atoms with E-state index in [1.54, 1.807) is 24.3 Å². The lowest BCUT2D eigenvalue weighted by atomic mass is 10.1. The first-order chi connectivity index (χ1) is 10.7. The summed E-state index contributed by atoms with van der Waals surface area (Å²) < 4.78 is 0. The number of carbonyl (C=O) groups is 1. The molecule has 2 N–H and O–H groups in total. The number of nitriles is 1. The van der Waals surface area contributed by atoms with Gasteiger partial charge in [0.1, 0.15) is 11.4 Å². The monoisotopic (exact) mass is 294 g/mol. The van der Waals surface area contributed by atoms with E-state index in [1.165, 1.54) is 6.20 Å². The highest BCUT2D eigenvalue weighted by molar-refractivity contribution is 5.93. The van der Waals surface area contributed by atoms with E-state index in [4.69, 9.17) is 5.26 Å². The van der Waals surface area contributed by atoms with Crippen LogP contribution < -0.4 is 10.9 Å². The van der Waals surface area contributed by atoms with Crippen molar-refractivity contribution in [1.82, 2.24) is 15.3 Å². The third kappa shape index (κ3) is 3.04. The predicted octanol–water partition coefficient (Wildman–Crippen LogP) is 1.45. The lowest BCUT2D eigenvalue weighted by Crippen LogP contribution is -2.30. The van der Waals surface area contributed by atoms with Crippen LogP contribution in [0.25, 0.3) is 0 Å². The smallest absolute Gasteiger partial charge is 0.263 e. The zero-order valence-corrected chi connectivity index (χ0v) is 11.8. The summed E-state index contributed by atoms with van der Waals surface area (Å²) in [7, 11) is 0. The van der Waals surface area contributed by atoms with Gasteiger partial charge in [-0.3, -0.25) is 9.59 Å². The van der Waals surface area contributed by atoms with Gasteiger partial charge in [-0.15, -0.1) is 0 Å². The first-order valence-electron chi connectivity index (χ1n) is 7.04. The van der Waals surface area contributed by atoms with Crippen molar-refractivity contribution in [3.63, 3.8) is 0 Å². The first kappa shape index (κ1) is 14.0. The highest BCUT2D eigenvalue weighted by atomic mass is 16.2. The summed E-state index contributed by atoms with van der Waals surface area (Å²) in [6, 6.07) is 8.92. The van der Waals surface area contributed by atoms with Gasteiger partial charge in [0, 0.05) is 18.7 Å². The topological polar surface area (TPSA) is 98.6 Å². The standard InChI is InChI=1S/C16H14N4O2/c17-7-10-1-3-11(4-2-10)8-19-15(21)13-9-18-14(12-5-6-12)20-16(13)22/h1-4,9,12H,5-6,8H2,(H,19,21)(H,18,20,22). The van der Waals surface area contributed by atoms with Gasteiger partial charge in [-0.25, -0.2) is 4.98 Å². The summed E-state index contributed by atoms with van der Waals surface area (Å²) in [6.45, 7) is 0.286. The van der Waals surface area contributed by atoms with Crippen molar-refractivity contribution in [2.75, 3.05) is 0 Å². The lowest BCUT2D eigenvalue weighted by Gasteiger charge is -2.05. The molecule has 22 heavy (non-hydrogen) atoms. The number of carbonyl (C=O) groups excluding carboxylic acids is 1. The summed E-state index contributed by atoms with van der Waals surface area (Å²) in [5, 5.41) is 11.4. The van der Waals surface area contributed by atoms with Crippen molar-refractivity contribution in [3.8, 4) is 6.07 Å². The van der Waals surface area contributed by atoms with Crippen molar-refractivity contribution in [3.05, 3.63) is 63.3 Å². The van der Waals surface area contributed by atoms with E-state index in [2.05, 4.69) is 15.3 Å². The number of amides is 1. The number of benzene rings is 1. The Kier molecular flexibility index (Phi) is 3.71. The number of aromatic amines is 1. The molecule has 2 aromatic rings. The maximum atomic E-state index is 12.0. The molecule has 0 unspecified atom stereocenters. The highest BCUT2D eigenvalue weighted by Crippen LogP contribution is 2.37. The van der Waals surface area contributed by atoms with Crippen LogP contribution in [0.4, 0.5) is 0 Å². The third-order valence-electron chi connectivity index (χ3n) is 3.56. The zero-order valence-electron chi connectivity index (χ0n) is 11.8. The van der Waals surface area contributed by atoms with Gasteiger partial charge in [0.05, 0.1) is 11.6 Å². The van der Waals surface area contributed by atoms with Gasteiger partial charge < -0.3 is 10.3 Å². The molecule has 1 aromatic carbocycles. The number of aromatic nitrogens is 2. The molecular weight excluding hydrogens is 280 g/mol. The van der Waals surface area contributed by atoms with Crippen LogP contribution in [0.1, 0.15) is 46.1 Å². The minimum absolute atomic E-state index is 0.0121. The van der Waals surface area contributed by atoms with Crippen molar-refractivity contribution in [2.24, 2.45) is 0 Å². The van der Waals surface area contributed by atoms with Crippen molar-refractivity contribution in [1.29, 1.82) is 5.26 Å². The fourth-order valence-electron chi connectivity index (χ4n) is 2.11. The minimum Gasteiger partial charge on any atom is -0.348 e. The molecule has 0 radical (unpaired) electrons. The van der Waals surface area contributed by atoms with E-state index in [1.807, 2.05) is 6.07 Å². The maximum absolute atomic E-state index is 12.0. The van der Waals surface area contributed by atoms with Gasteiger partial charge in [0.2, 0.25) is 0 Å². The molecular formula is C16H14N4O2. The molecule has 0 saturated heterocycles. The average Bonchev–Trinajstić information content (AvgIpc) is 3.38. The Labute approximate surface area is 126 Å². The summed E-state index contributed by atoms with van der Waals surface area (Å²) in [4.78, 5) is 30.8. The largest absolute Gasteiger partial charge is 0.348 e. The molecule has 6 heteroatoms. The van der Waals surface area contributed by atoms with E-state index in [0.717, 1.165) is 18.4 Å². The number of nitrogens with zero attached hydrogens (tertiary/aromatic N) is 2. The fraction of sp³-hybridized carbons (Fsp3) is 0.250. The van der Waals surface area contributed by atoms with Crippen LogP contribution in [0.5, 0.6) is 0 Å². The quantitative estimate of drug-likeness (QED) is 0.891. The summed E-state index contributed by atoms with van der Waals surface area (Å²) in [5.41, 5.74) is 1.02. The van der Waals surface area contributed by atoms with Crippen LogP contribution >= 0.6 is 0 Å². The Morgan fingerprint density at radius 3 is 2.68 bits per heavy atom. The highest BCUT2D eigenvalue weighted by Gasteiger charge is 2.26. The second-order valence-corrected chi connectivity index (χ2v) is 5.28. The van der Waals surface area contributed by atoms with Crippen LogP contribution in [-0.2, 0) is 6.54 Å². The molecule has 6 nitrogen and oxygen atoms in total. The molecule has 0 bridgehead atoms. The number of hydrogen-bond acceptors (Lipinski definition) is 4. The molecule has 0 aliphatic heterocycles. The molecule has 110 valence electrons. The Hall–Kier alpha value is -2.94. The van der Waals surface area contributed by atoms with Crippen LogP contribution in [0.15, 0.2) is 35.3 Å². The second kappa shape index (κ2) is 5.82. The molecule has 0 spiro atoms. The van der Waals surface area contributed by atoms with Crippen LogP contribution in [0, 0.1) is 11.3 Å². The van der Waals surface area contributed by atoms with Gasteiger partial charge in [-0.05, 0) is 30.5 Å². The molecule has 1 saturated carbocycles. The molecule has 3 rings (SSSR count). The molecule has 1 aromatic heterocycles. The maximum Gasteiger partial charge on any atom is 0.263 e. The SMILES string of the molecule is N#Cc1ccc(CNC(=O)c2cnc(C3CC3)[nH]c2=O)cc1. The summed E-state index contributed by atoms with van der Waals surface area (Å²) in [5.74, 6) is 0.539. The first-order valence-corrected chi connectivity index (χ1v) is 7.04. The summed E-state index contributed by atoms with van der Waals surface area (Å²) >= 11 is 0. The van der Waals surface area contributed by atoms with Crippen molar-refractivity contribution in [2.45, 2.75) is 25.3 Å². The van der Waals surface area contributed by atoms with Crippen molar-refractivity contribution < 1.29 is 4.79 Å². The van der Waals surface area contributed by atoms with Crippen molar-refractivity contribution >= 4 is 5.91 Å². The molecule has 1 heterocycles. The number of hydrogen-bond donors (Lipinski definition) is 2. The van der Waals surface area contributed by atoms with Crippen LogP contribution in [-0.4, -0.2) is 15.9 Å². The van der Waals surface area contributed by atoms with Crippen LogP contribution in [0.2, 0.25) is 0 Å². The Bertz CT molecular complexity index is 798. The van der Waals surface area contributed by atoms with Gasteiger partial charge in [-0.1, -0.05) is 12.1 Å². The predicted molar refractivity (Wildman–Crippen MR) is 79.2 cm³/mol. The molecule has 1 fully saturated rings. The third-order valence-corrected chi connectivity index (χ3v) is 3.56. The number of H-pyrrole nitrogens is 1. The molecule has 1 amide bonds. The Balaban J connectivity index is 1.66. The minimum atomic E-state index is -0.458. The van der Waals surface area contributed by atoms with Crippen LogP contribution in [0.3, 0.4) is 0 Å². The fourth-order valence-corrected chi connectivity index (χ4v) is 2.11. The molecule has 0 atom stereocenters. The summed E-state index contributed by atoms with van der Waals surface area (Å²) in [6.07, 6.45) is 3.40. The molecule has 1 aliphatic carbocycles. The normalized spacial score (nSPS) is 13.4. The average molecular weight is 294 g/mol. The molecule has 1 aliphatic rings. The zero-order chi connectivity index (χ0) is 15.5. The number of rotatable bonds is 4. The van der Waals surface area contributed by atoms with Gasteiger partial charge in [-0.2, -0.15) is 5.26 Å². The second-order valence-electron chi connectivity index (χ2n) is 5.28. The Morgan fingerprint density at radius 2 is 2.09 bits per heavy atom. The van der Waals surface area contributed by atoms with E-state index in [-0.39, 0.29) is 12.1 Å². The number of nitrogens with one attached hydrogen (secondary N) is 2. The van der Waals surface area contributed by atoms with E-state index < -0.39 is 11.5 Å².